The molecule has 3 unspecified atom stereocenters. The molecule has 0 amide bonds. The molecule has 3 atom stereocenters. The lowest BCUT2D eigenvalue weighted by Crippen LogP contribution is -2.56. The Morgan fingerprint density at radius 2 is 1.43 bits per heavy atom. The molecule has 2 aromatic carbocycles. The number of anilines is 2. The van der Waals surface area contributed by atoms with Crippen LogP contribution in [0.3, 0.4) is 0 Å². The van der Waals surface area contributed by atoms with Crippen LogP contribution >= 0.6 is 0 Å². The quantitative estimate of drug-likeness (QED) is 0.487. The summed E-state index contributed by atoms with van der Waals surface area (Å²) in [7, 11) is 4.27. The van der Waals surface area contributed by atoms with Gasteiger partial charge in [0, 0.05) is 55.7 Å². The Morgan fingerprint density at radius 1 is 0.811 bits per heavy atom. The summed E-state index contributed by atoms with van der Waals surface area (Å²) in [6.07, 6.45) is 13.0. The summed E-state index contributed by atoms with van der Waals surface area (Å²) in [5.41, 5.74) is 6.27. The number of aryl methyl sites for hydroxylation is 1. The molecule has 3 aliphatic heterocycles. The molecular formula is C31H36N6. The molecule has 190 valence electrons. The molecule has 0 N–H and O–H groups in total. The predicted octanol–water partition coefficient (Wildman–Crippen LogP) is 6.08. The van der Waals surface area contributed by atoms with Crippen molar-refractivity contribution in [2.75, 3.05) is 23.9 Å². The van der Waals surface area contributed by atoms with Gasteiger partial charge in [0.25, 0.3) is 0 Å². The minimum Gasteiger partial charge on any atom is -0.359 e. The number of hydrogen-bond acceptors (Lipinski definition) is 6. The zero-order valence-corrected chi connectivity index (χ0v) is 22.5. The summed E-state index contributed by atoms with van der Waals surface area (Å²) >= 11 is 0. The van der Waals surface area contributed by atoms with Crippen LogP contribution in [0.4, 0.5) is 11.4 Å². The number of fused-ring (bicyclic) bond motifs is 3. The molecule has 6 heteroatoms. The van der Waals surface area contributed by atoms with Crippen LogP contribution in [-0.2, 0) is 6.42 Å². The first kappa shape index (κ1) is 24.8. The van der Waals surface area contributed by atoms with Gasteiger partial charge in [0.1, 0.15) is 12.3 Å². The second-order valence-electron chi connectivity index (χ2n) is 10.6. The number of hydrogen-bond donors (Lipinski definition) is 0. The van der Waals surface area contributed by atoms with Gasteiger partial charge < -0.3 is 19.6 Å². The highest BCUT2D eigenvalue weighted by molar-refractivity contribution is 5.65. The maximum atomic E-state index is 9.74. The molecule has 3 heterocycles. The Balaban J connectivity index is 1.58. The fourth-order valence-electron chi connectivity index (χ4n) is 6.92. The third-order valence-corrected chi connectivity index (χ3v) is 9.09. The van der Waals surface area contributed by atoms with Crippen molar-refractivity contribution in [3.05, 3.63) is 83.5 Å². The van der Waals surface area contributed by atoms with Gasteiger partial charge in [-0.2, -0.15) is 10.5 Å². The first-order chi connectivity index (χ1) is 17.9. The Bertz CT molecular complexity index is 1320. The van der Waals surface area contributed by atoms with E-state index >= 15 is 0 Å². The first-order valence-electron chi connectivity index (χ1n) is 13.3. The van der Waals surface area contributed by atoms with E-state index in [1.54, 1.807) is 0 Å². The summed E-state index contributed by atoms with van der Waals surface area (Å²) < 4.78 is 0. The summed E-state index contributed by atoms with van der Waals surface area (Å²) in [6, 6.07) is 17.0. The molecule has 0 radical (unpaired) electrons. The first-order valence-corrected chi connectivity index (χ1v) is 13.3. The van der Waals surface area contributed by atoms with Crippen LogP contribution in [0.15, 0.2) is 61.2 Å². The minimum atomic E-state index is 0.0212. The fraction of sp³-hybridized carbons (Fsp3) is 0.419. The van der Waals surface area contributed by atoms with Crippen LogP contribution in [-0.4, -0.2) is 36.2 Å². The van der Waals surface area contributed by atoms with Gasteiger partial charge in [-0.15, -0.1) is 0 Å². The number of benzene rings is 2. The monoisotopic (exact) mass is 492 g/mol. The highest BCUT2D eigenvalue weighted by Gasteiger charge is 2.52. The smallest absolute Gasteiger partial charge is 0.111 e. The van der Waals surface area contributed by atoms with Crippen molar-refractivity contribution in [3.63, 3.8) is 0 Å². The molecule has 6 nitrogen and oxygen atoms in total. The normalized spacial score (nSPS) is 23.2. The van der Waals surface area contributed by atoms with Crippen LogP contribution in [0.1, 0.15) is 68.2 Å². The molecule has 0 bridgehead atoms. The molecule has 37 heavy (non-hydrogen) atoms. The van der Waals surface area contributed by atoms with E-state index in [2.05, 4.69) is 116 Å². The standard InChI is InChI=1S/C31H36N6/c1-6-31(7-2)27(26-19-24(21-33)9-13-29(26)37-17-15-35(5)30(31)37)11-10-25-18-23(20-32)8-12-28(25)36-16-14-34(4)22(36)3/h8-9,12-19,22,27,30H,6-7,10-11H2,1-5H3. The molecule has 0 saturated carbocycles. The molecule has 5 rings (SSSR count). The summed E-state index contributed by atoms with van der Waals surface area (Å²) in [4.78, 5) is 9.26. The highest BCUT2D eigenvalue weighted by Crippen LogP contribution is 2.57. The third-order valence-electron chi connectivity index (χ3n) is 9.09. The van der Waals surface area contributed by atoms with E-state index in [4.69, 9.17) is 0 Å². The summed E-state index contributed by atoms with van der Waals surface area (Å²) in [6.45, 7) is 6.82. The molecule has 0 aromatic heterocycles. The molecular weight excluding hydrogens is 456 g/mol. The van der Waals surface area contributed by atoms with Crippen LogP contribution in [0.2, 0.25) is 0 Å². The fourth-order valence-corrected chi connectivity index (χ4v) is 6.92. The van der Waals surface area contributed by atoms with Gasteiger partial charge in [-0.05, 0) is 86.1 Å². The van der Waals surface area contributed by atoms with E-state index in [1.807, 2.05) is 12.1 Å². The molecule has 0 aliphatic carbocycles. The van der Waals surface area contributed by atoms with E-state index in [0.29, 0.717) is 11.1 Å². The molecule has 0 fully saturated rings. The Kier molecular flexibility index (Phi) is 6.38. The lowest BCUT2D eigenvalue weighted by atomic mass is 9.61. The van der Waals surface area contributed by atoms with Gasteiger partial charge in [-0.1, -0.05) is 13.8 Å². The SMILES string of the molecule is CCC1(CC)C(CCc2cc(C#N)ccc2N2C=CN(C)C2C)c2cc(C#N)ccc2N2C=CN(C)C21. The number of nitrogens with zero attached hydrogens (tertiary/aromatic N) is 6. The van der Waals surface area contributed by atoms with Gasteiger partial charge in [0.2, 0.25) is 0 Å². The molecule has 2 aromatic rings. The topological polar surface area (TPSA) is 60.5 Å². The summed E-state index contributed by atoms with van der Waals surface area (Å²) in [5, 5.41) is 19.4. The third kappa shape index (κ3) is 3.83. The van der Waals surface area contributed by atoms with Crippen LogP contribution in [0.5, 0.6) is 0 Å². The zero-order chi connectivity index (χ0) is 26.3. The van der Waals surface area contributed by atoms with Gasteiger partial charge in [0.05, 0.1) is 23.3 Å². The largest absolute Gasteiger partial charge is 0.359 e. The predicted molar refractivity (Wildman–Crippen MR) is 148 cm³/mol. The maximum absolute atomic E-state index is 9.74. The zero-order valence-electron chi connectivity index (χ0n) is 22.5. The van der Waals surface area contributed by atoms with Crippen LogP contribution in [0, 0.1) is 28.1 Å². The van der Waals surface area contributed by atoms with Crippen LogP contribution in [0.25, 0.3) is 0 Å². The van der Waals surface area contributed by atoms with Gasteiger partial charge in [-0.3, -0.25) is 0 Å². The second kappa shape index (κ2) is 9.52. The average molecular weight is 493 g/mol. The Morgan fingerprint density at radius 3 is 2.05 bits per heavy atom. The van der Waals surface area contributed by atoms with Gasteiger partial charge in [-0.25, -0.2) is 0 Å². The van der Waals surface area contributed by atoms with Crippen molar-refractivity contribution in [2.45, 2.75) is 64.7 Å². The van der Waals surface area contributed by atoms with Crippen molar-refractivity contribution in [2.24, 2.45) is 5.41 Å². The summed E-state index contributed by atoms with van der Waals surface area (Å²) in [5.74, 6) is 0.280. The van der Waals surface area contributed by atoms with E-state index in [0.717, 1.165) is 31.4 Å². The van der Waals surface area contributed by atoms with Crippen molar-refractivity contribution in [3.8, 4) is 12.1 Å². The van der Waals surface area contributed by atoms with Crippen molar-refractivity contribution in [1.82, 2.24) is 9.80 Å². The highest BCUT2D eigenvalue weighted by atomic mass is 15.4. The Hall–Kier alpha value is -3.90. The Labute approximate surface area is 221 Å². The molecule has 3 aliphatic rings. The van der Waals surface area contributed by atoms with Gasteiger partial charge in [0.15, 0.2) is 0 Å². The van der Waals surface area contributed by atoms with Crippen LogP contribution < -0.4 is 9.80 Å². The molecule has 0 saturated heterocycles. The van der Waals surface area contributed by atoms with Crippen molar-refractivity contribution >= 4 is 11.4 Å². The van der Waals surface area contributed by atoms with Crippen molar-refractivity contribution in [1.29, 1.82) is 10.5 Å². The lowest BCUT2D eigenvalue weighted by molar-refractivity contribution is 0.0706. The van der Waals surface area contributed by atoms with E-state index in [9.17, 15) is 10.5 Å². The van der Waals surface area contributed by atoms with E-state index in [1.165, 1.54) is 16.8 Å². The lowest BCUT2D eigenvalue weighted by Gasteiger charge is -2.55. The second-order valence-corrected chi connectivity index (χ2v) is 10.6. The van der Waals surface area contributed by atoms with Gasteiger partial charge >= 0.3 is 0 Å². The molecule has 0 spiro atoms. The minimum absolute atomic E-state index is 0.0212. The number of nitriles is 2. The van der Waals surface area contributed by atoms with Crippen molar-refractivity contribution < 1.29 is 0 Å². The maximum Gasteiger partial charge on any atom is 0.111 e. The van der Waals surface area contributed by atoms with E-state index < -0.39 is 0 Å². The number of rotatable bonds is 6. The average Bonchev–Trinajstić information content (AvgIpc) is 3.48. The van der Waals surface area contributed by atoms with E-state index in [-0.39, 0.29) is 23.7 Å².